The molecule has 3 nitrogen and oxygen atoms in total. The molecule has 1 aromatic rings. The fourth-order valence-electron chi connectivity index (χ4n) is 1.50. The van der Waals surface area contributed by atoms with E-state index in [4.69, 9.17) is 28.9 Å². The summed E-state index contributed by atoms with van der Waals surface area (Å²) in [6, 6.07) is 4.85. The minimum Gasteiger partial charge on any atom is -0.354 e. The van der Waals surface area contributed by atoms with E-state index in [2.05, 4.69) is 5.32 Å². The van der Waals surface area contributed by atoms with Crippen LogP contribution in [0.1, 0.15) is 25.3 Å². The van der Waals surface area contributed by atoms with Gasteiger partial charge < -0.3 is 11.1 Å². The molecule has 1 amide bonds. The van der Waals surface area contributed by atoms with Gasteiger partial charge in [-0.3, -0.25) is 4.79 Å². The quantitative estimate of drug-likeness (QED) is 0.898. The molecule has 0 aromatic heterocycles. The molecule has 102 valence electrons. The predicted molar refractivity (Wildman–Crippen MR) is 78.8 cm³/mol. The lowest BCUT2D eigenvalue weighted by Crippen LogP contribution is -2.39. The Hall–Kier alpha value is -0.480. The number of hydrogen-bond acceptors (Lipinski definition) is 2. The highest BCUT2D eigenvalue weighted by molar-refractivity contribution is 6.36. The predicted octanol–water partition coefficient (Wildman–Crippen LogP) is 2.98. The summed E-state index contributed by atoms with van der Waals surface area (Å²) < 4.78 is 0. The topological polar surface area (TPSA) is 55.1 Å². The summed E-state index contributed by atoms with van der Waals surface area (Å²) in [4.78, 5) is 11.3. The molecule has 0 aliphatic rings. The zero-order valence-corrected chi connectivity index (χ0v) is 12.6. The third kappa shape index (κ3) is 4.65. The van der Waals surface area contributed by atoms with Gasteiger partial charge in [0.2, 0.25) is 5.91 Å². The lowest BCUT2D eigenvalue weighted by atomic mass is 10.0. The number of halogens is 3. The molecule has 0 aliphatic carbocycles. The Kier molecular flexibility index (Phi) is 7.64. The summed E-state index contributed by atoms with van der Waals surface area (Å²) in [6.07, 6.45) is 0. The van der Waals surface area contributed by atoms with Gasteiger partial charge in [-0.2, -0.15) is 0 Å². The van der Waals surface area contributed by atoms with Gasteiger partial charge >= 0.3 is 0 Å². The Bertz CT molecular complexity index is 390. The molecule has 1 unspecified atom stereocenters. The van der Waals surface area contributed by atoms with E-state index in [-0.39, 0.29) is 24.2 Å². The maximum Gasteiger partial charge on any atom is 0.236 e. The third-order valence-corrected chi connectivity index (χ3v) is 3.15. The van der Waals surface area contributed by atoms with Crippen molar-refractivity contribution in [2.24, 2.45) is 5.73 Å². The highest BCUT2D eigenvalue weighted by Crippen LogP contribution is 2.30. The van der Waals surface area contributed by atoms with Gasteiger partial charge in [-0.25, -0.2) is 0 Å². The third-order valence-electron chi connectivity index (χ3n) is 2.49. The maximum absolute atomic E-state index is 11.3. The lowest BCUT2D eigenvalue weighted by molar-refractivity contribution is -0.122. The molecule has 0 aliphatic heterocycles. The number of hydrogen-bond donors (Lipinski definition) is 2. The van der Waals surface area contributed by atoms with Crippen LogP contribution < -0.4 is 11.1 Å². The molecule has 0 radical (unpaired) electrons. The van der Waals surface area contributed by atoms with E-state index in [0.717, 1.165) is 5.56 Å². The largest absolute Gasteiger partial charge is 0.354 e. The molecular formula is C12H17Cl3N2O. The molecule has 0 bridgehead atoms. The zero-order chi connectivity index (χ0) is 13.0. The van der Waals surface area contributed by atoms with Crippen LogP contribution in [0.15, 0.2) is 18.2 Å². The molecule has 0 saturated heterocycles. The van der Waals surface area contributed by atoms with Gasteiger partial charge in [-0.05, 0) is 24.6 Å². The Morgan fingerprint density at radius 2 is 1.83 bits per heavy atom. The first kappa shape index (κ1) is 17.5. The minimum atomic E-state index is -0.510. The van der Waals surface area contributed by atoms with E-state index in [1.807, 2.05) is 6.92 Å². The van der Waals surface area contributed by atoms with E-state index in [1.54, 1.807) is 25.1 Å². The second kappa shape index (κ2) is 7.85. The first-order valence-electron chi connectivity index (χ1n) is 5.40. The fraction of sp³-hybridized carbons (Fsp3) is 0.417. The summed E-state index contributed by atoms with van der Waals surface area (Å²) in [5.41, 5.74) is 6.30. The molecule has 1 rings (SSSR count). The standard InChI is InChI=1S/C12H16Cl2N2O.ClH/c1-7(6-16-12(17)8(2)15)11-9(13)4-3-5-10(11)14;/h3-5,7-8H,6,15H2,1-2H3,(H,16,17);1H/t7?,8-;/m1./s1. The lowest BCUT2D eigenvalue weighted by Gasteiger charge is -2.16. The number of nitrogens with one attached hydrogen (secondary N) is 1. The number of benzene rings is 1. The molecule has 0 saturated carbocycles. The van der Waals surface area contributed by atoms with Crippen LogP contribution >= 0.6 is 35.6 Å². The van der Waals surface area contributed by atoms with Crippen molar-refractivity contribution in [2.45, 2.75) is 25.8 Å². The average Bonchev–Trinajstić information content (AvgIpc) is 2.25. The van der Waals surface area contributed by atoms with Crippen molar-refractivity contribution < 1.29 is 4.79 Å². The maximum atomic E-state index is 11.3. The van der Waals surface area contributed by atoms with Crippen molar-refractivity contribution in [2.75, 3.05) is 6.54 Å². The normalized spacial score (nSPS) is 13.4. The number of carbonyl (C=O) groups excluding carboxylic acids is 1. The summed E-state index contributed by atoms with van der Waals surface area (Å²) in [5, 5.41) is 3.98. The van der Waals surface area contributed by atoms with Crippen molar-refractivity contribution in [3.8, 4) is 0 Å². The Balaban J connectivity index is 0.00000289. The summed E-state index contributed by atoms with van der Waals surface area (Å²) in [6.45, 7) is 4.06. The number of amides is 1. The van der Waals surface area contributed by atoms with Crippen molar-refractivity contribution in [3.05, 3.63) is 33.8 Å². The summed E-state index contributed by atoms with van der Waals surface area (Å²) in [7, 11) is 0. The minimum absolute atomic E-state index is 0. The first-order valence-corrected chi connectivity index (χ1v) is 6.16. The monoisotopic (exact) mass is 310 g/mol. The second-order valence-corrected chi connectivity index (χ2v) is 4.88. The van der Waals surface area contributed by atoms with E-state index in [1.165, 1.54) is 0 Å². The number of rotatable bonds is 4. The first-order chi connectivity index (χ1) is 7.93. The van der Waals surface area contributed by atoms with Gasteiger partial charge in [-0.1, -0.05) is 36.2 Å². The second-order valence-electron chi connectivity index (χ2n) is 4.07. The highest BCUT2D eigenvalue weighted by Gasteiger charge is 2.15. The van der Waals surface area contributed by atoms with Crippen LogP contribution in [0.3, 0.4) is 0 Å². The van der Waals surface area contributed by atoms with Crippen molar-refractivity contribution in [1.82, 2.24) is 5.32 Å². The Morgan fingerprint density at radius 3 is 2.28 bits per heavy atom. The van der Waals surface area contributed by atoms with Crippen LogP contribution in [0, 0.1) is 0 Å². The smallest absolute Gasteiger partial charge is 0.236 e. The van der Waals surface area contributed by atoms with Gasteiger partial charge in [0.05, 0.1) is 6.04 Å². The number of carbonyl (C=O) groups is 1. The highest BCUT2D eigenvalue weighted by atomic mass is 35.5. The van der Waals surface area contributed by atoms with E-state index in [9.17, 15) is 4.79 Å². The van der Waals surface area contributed by atoms with Crippen LogP contribution in [0.2, 0.25) is 10.0 Å². The van der Waals surface area contributed by atoms with Crippen molar-refractivity contribution in [3.63, 3.8) is 0 Å². The molecule has 0 heterocycles. The molecule has 0 fully saturated rings. The molecule has 18 heavy (non-hydrogen) atoms. The molecule has 0 spiro atoms. The van der Waals surface area contributed by atoms with Gasteiger partial charge in [0, 0.05) is 22.5 Å². The van der Waals surface area contributed by atoms with Crippen LogP contribution in [-0.4, -0.2) is 18.5 Å². The van der Waals surface area contributed by atoms with Gasteiger partial charge in [0.1, 0.15) is 0 Å². The average molecular weight is 312 g/mol. The Labute approximate surface area is 123 Å². The summed E-state index contributed by atoms with van der Waals surface area (Å²) >= 11 is 12.2. The van der Waals surface area contributed by atoms with E-state index < -0.39 is 6.04 Å². The summed E-state index contributed by atoms with van der Waals surface area (Å²) in [5.74, 6) is -0.140. The van der Waals surface area contributed by atoms with Gasteiger partial charge in [0.15, 0.2) is 0 Å². The zero-order valence-electron chi connectivity index (χ0n) is 10.2. The number of nitrogens with two attached hydrogens (primary N) is 1. The van der Waals surface area contributed by atoms with Gasteiger partial charge in [-0.15, -0.1) is 12.4 Å². The molecule has 2 atom stereocenters. The molecule has 6 heteroatoms. The van der Waals surface area contributed by atoms with Gasteiger partial charge in [0.25, 0.3) is 0 Å². The van der Waals surface area contributed by atoms with Crippen LogP contribution in [0.5, 0.6) is 0 Å². The van der Waals surface area contributed by atoms with Crippen LogP contribution in [-0.2, 0) is 4.79 Å². The van der Waals surface area contributed by atoms with E-state index in [0.29, 0.717) is 16.6 Å². The van der Waals surface area contributed by atoms with E-state index >= 15 is 0 Å². The fourth-order valence-corrected chi connectivity index (χ4v) is 2.27. The van der Waals surface area contributed by atoms with Crippen molar-refractivity contribution >= 4 is 41.5 Å². The molecule has 3 N–H and O–H groups in total. The van der Waals surface area contributed by atoms with Crippen LogP contribution in [0.4, 0.5) is 0 Å². The SMILES string of the molecule is CC(CNC(=O)[C@@H](C)N)c1c(Cl)cccc1Cl.Cl. The Morgan fingerprint density at radius 1 is 1.33 bits per heavy atom. The molecule has 1 aromatic carbocycles. The van der Waals surface area contributed by atoms with Crippen molar-refractivity contribution in [1.29, 1.82) is 0 Å². The van der Waals surface area contributed by atoms with Crippen LogP contribution in [0.25, 0.3) is 0 Å². The molecular weight excluding hydrogens is 295 g/mol.